The van der Waals surface area contributed by atoms with E-state index in [9.17, 15) is 4.79 Å². The Hall–Kier alpha value is -1.65. The van der Waals surface area contributed by atoms with Crippen LogP contribution in [0.3, 0.4) is 0 Å². The second-order valence-corrected chi connectivity index (χ2v) is 9.61. The number of carbonyl (C=O) groups is 1. The second kappa shape index (κ2) is 6.18. The summed E-state index contributed by atoms with van der Waals surface area (Å²) < 4.78 is 0. The predicted molar refractivity (Wildman–Crippen MR) is 103 cm³/mol. The van der Waals surface area contributed by atoms with Gasteiger partial charge in [0, 0.05) is 49.8 Å². The molecule has 0 aromatic carbocycles. The van der Waals surface area contributed by atoms with Crippen molar-refractivity contribution in [3.05, 3.63) is 18.1 Å². The Kier molecular flexibility index (Phi) is 3.73. The zero-order chi connectivity index (χ0) is 18.0. The second-order valence-electron chi connectivity index (χ2n) is 9.61. The van der Waals surface area contributed by atoms with E-state index in [1.165, 1.54) is 37.8 Å². The molecule has 2 bridgehead atoms. The largest absolute Gasteiger partial charge is 0.357 e. The first-order valence-electron chi connectivity index (χ1n) is 11.2. The summed E-state index contributed by atoms with van der Waals surface area (Å²) >= 11 is 0. The number of aromatic nitrogens is 2. The number of carbonyl (C=O) groups excluding carboxylic acids is 1. The first-order valence-corrected chi connectivity index (χ1v) is 11.2. The van der Waals surface area contributed by atoms with E-state index in [2.05, 4.69) is 25.8 Å². The van der Waals surface area contributed by atoms with Gasteiger partial charge in [0.1, 0.15) is 12.1 Å². The molecule has 6 rings (SSSR count). The number of anilines is 1. The summed E-state index contributed by atoms with van der Waals surface area (Å²) in [6.45, 7) is 4.07. The minimum absolute atomic E-state index is 0.397. The third kappa shape index (κ3) is 2.60. The Morgan fingerprint density at radius 2 is 1.63 bits per heavy atom. The van der Waals surface area contributed by atoms with Crippen LogP contribution in [0.4, 0.5) is 5.82 Å². The number of rotatable bonds is 3. The van der Waals surface area contributed by atoms with Gasteiger partial charge < -0.3 is 9.80 Å². The summed E-state index contributed by atoms with van der Waals surface area (Å²) in [7, 11) is 0. The molecular weight excluding hydrogens is 336 g/mol. The molecule has 5 fully saturated rings. The quantitative estimate of drug-likeness (QED) is 0.825. The van der Waals surface area contributed by atoms with Crippen molar-refractivity contribution in [1.29, 1.82) is 0 Å². The summed E-state index contributed by atoms with van der Waals surface area (Å²) in [6, 6.07) is 2.20. The fraction of sp³-hybridized carbons (Fsp3) is 0.773. The van der Waals surface area contributed by atoms with Crippen molar-refractivity contribution in [2.75, 3.05) is 31.1 Å². The van der Waals surface area contributed by atoms with Crippen molar-refractivity contribution in [3.8, 4) is 0 Å². The van der Waals surface area contributed by atoms with Gasteiger partial charge in [0.2, 0.25) is 5.91 Å². The van der Waals surface area contributed by atoms with Crippen molar-refractivity contribution in [2.24, 2.45) is 29.6 Å². The number of likely N-dealkylation sites (tertiary alicyclic amines) is 1. The average Bonchev–Trinajstić information content (AvgIpc) is 3.12. The molecule has 5 aliphatic rings. The molecule has 1 aromatic rings. The van der Waals surface area contributed by atoms with Gasteiger partial charge in [0.25, 0.3) is 0 Å². The minimum atomic E-state index is 0.397. The van der Waals surface area contributed by atoms with E-state index in [1.807, 2.05) is 0 Å². The Morgan fingerprint density at radius 3 is 2.33 bits per heavy atom. The molecule has 1 unspecified atom stereocenters. The molecule has 1 amide bonds. The third-order valence-corrected chi connectivity index (χ3v) is 8.35. The summed E-state index contributed by atoms with van der Waals surface area (Å²) in [6.07, 6.45) is 10.6. The van der Waals surface area contributed by atoms with Crippen LogP contribution in [0.25, 0.3) is 0 Å². The SMILES string of the molecule is O=C(C1[C@@H]2[C@H]3CC[C@H](C3)[C@H]12)N1CCC(c2cc(N3CCCC3)ncn2)CC1. The van der Waals surface area contributed by atoms with Crippen LogP contribution in [0.5, 0.6) is 0 Å². The Labute approximate surface area is 161 Å². The van der Waals surface area contributed by atoms with E-state index in [0.717, 1.165) is 68.5 Å². The van der Waals surface area contributed by atoms with Gasteiger partial charge in [-0.25, -0.2) is 9.97 Å². The maximum Gasteiger partial charge on any atom is 0.226 e. The van der Waals surface area contributed by atoms with Crippen LogP contribution in [-0.2, 0) is 4.79 Å². The highest BCUT2D eigenvalue weighted by atomic mass is 16.2. The molecule has 0 radical (unpaired) electrons. The normalized spacial score (nSPS) is 37.7. The monoisotopic (exact) mass is 366 g/mol. The molecule has 2 saturated heterocycles. The van der Waals surface area contributed by atoms with Crippen LogP contribution in [0.2, 0.25) is 0 Å². The van der Waals surface area contributed by atoms with Gasteiger partial charge >= 0.3 is 0 Å². The lowest BCUT2D eigenvalue weighted by molar-refractivity contribution is -0.134. The molecule has 3 saturated carbocycles. The molecule has 0 spiro atoms. The van der Waals surface area contributed by atoms with Gasteiger partial charge in [-0.3, -0.25) is 4.79 Å². The Balaban J connectivity index is 1.09. The number of hydrogen-bond acceptors (Lipinski definition) is 4. The van der Waals surface area contributed by atoms with Crippen molar-refractivity contribution in [2.45, 2.75) is 50.9 Å². The maximum atomic E-state index is 13.1. The highest BCUT2D eigenvalue weighted by Crippen LogP contribution is 2.69. The number of nitrogens with zero attached hydrogens (tertiary/aromatic N) is 4. The standard InChI is InChI=1S/C22H30N4O/c27-22(21-19-15-3-4-16(11-15)20(19)21)26-9-5-14(6-10-26)17-12-18(24-13-23-17)25-7-1-2-8-25/h12-16,19-21H,1-11H2/t15-,16+,19+,20-,21?. The van der Waals surface area contributed by atoms with Crippen molar-refractivity contribution >= 4 is 11.7 Å². The van der Waals surface area contributed by atoms with Crippen LogP contribution >= 0.6 is 0 Å². The van der Waals surface area contributed by atoms with E-state index < -0.39 is 0 Å². The molecule has 5 heteroatoms. The van der Waals surface area contributed by atoms with Crippen LogP contribution in [0.15, 0.2) is 12.4 Å². The van der Waals surface area contributed by atoms with Crippen LogP contribution in [0.1, 0.15) is 56.6 Å². The fourth-order valence-corrected chi connectivity index (χ4v) is 6.97. The first-order chi connectivity index (χ1) is 13.3. The third-order valence-electron chi connectivity index (χ3n) is 8.35. The van der Waals surface area contributed by atoms with Gasteiger partial charge in [0.05, 0.1) is 0 Å². The van der Waals surface area contributed by atoms with Crippen molar-refractivity contribution in [3.63, 3.8) is 0 Å². The molecular formula is C22H30N4O. The van der Waals surface area contributed by atoms with Crippen molar-refractivity contribution < 1.29 is 4.79 Å². The van der Waals surface area contributed by atoms with Gasteiger partial charge in [-0.05, 0) is 68.6 Å². The maximum absolute atomic E-state index is 13.1. The van der Waals surface area contributed by atoms with Crippen LogP contribution in [0, 0.1) is 29.6 Å². The molecule has 3 aliphatic carbocycles. The summed E-state index contributed by atoms with van der Waals surface area (Å²) in [5.74, 6) is 5.76. The highest BCUT2D eigenvalue weighted by Gasteiger charge is 2.68. The fourth-order valence-electron chi connectivity index (χ4n) is 6.97. The molecule has 1 aromatic heterocycles. The zero-order valence-electron chi connectivity index (χ0n) is 16.1. The van der Waals surface area contributed by atoms with Crippen molar-refractivity contribution in [1.82, 2.24) is 14.9 Å². The topological polar surface area (TPSA) is 49.3 Å². The molecule has 5 nitrogen and oxygen atoms in total. The summed E-state index contributed by atoms with van der Waals surface area (Å²) in [4.78, 5) is 26.7. The molecule has 144 valence electrons. The predicted octanol–water partition coefficient (Wildman–Crippen LogP) is 3.07. The molecule has 0 N–H and O–H groups in total. The van der Waals surface area contributed by atoms with Crippen LogP contribution in [-0.4, -0.2) is 47.0 Å². The first kappa shape index (κ1) is 16.3. The summed E-state index contributed by atoms with van der Waals surface area (Å²) in [5.41, 5.74) is 1.18. The van der Waals surface area contributed by atoms with E-state index in [-0.39, 0.29) is 0 Å². The van der Waals surface area contributed by atoms with Gasteiger partial charge in [-0.15, -0.1) is 0 Å². The van der Waals surface area contributed by atoms with E-state index in [4.69, 9.17) is 0 Å². The highest BCUT2D eigenvalue weighted by molar-refractivity contribution is 5.83. The lowest BCUT2D eigenvalue weighted by atomic mass is 9.92. The smallest absolute Gasteiger partial charge is 0.226 e. The Morgan fingerprint density at radius 1 is 0.926 bits per heavy atom. The minimum Gasteiger partial charge on any atom is -0.357 e. The molecule has 27 heavy (non-hydrogen) atoms. The number of amides is 1. The molecule has 2 aliphatic heterocycles. The van der Waals surface area contributed by atoms with Gasteiger partial charge in [-0.2, -0.15) is 0 Å². The van der Waals surface area contributed by atoms with E-state index in [1.54, 1.807) is 6.33 Å². The Bertz CT molecular complexity index is 722. The average molecular weight is 367 g/mol. The lowest BCUT2D eigenvalue weighted by Gasteiger charge is -2.32. The van der Waals surface area contributed by atoms with E-state index in [0.29, 0.717) is 17.7 Å². The lowest BCUT2D eigenvalue weighted by Crippen LogP contribution is -2.40. The molecule has 3 heterocycles. The summed E-state index contributed by atoms with van der Waals surface area (Å²) in [5, 5.41) is 0. The van der Waals surface area contributed by atoms with Gasteiger partial charge in [-0.1, -0.05) is 0 Å². The van der Waals surface area contributed by atoms with E-state index >= 15 is 0 Å². The number of piperidine rings is 1. The molecule has 5 atom stereocenters. The zero-order valence-corrected chi connectivity index (χ0v) is 16.1. The number of hydrogen-bond donors (Lipinski definition) is 0. The van der Waals surface area contributed by atoms with Crippen LogP contribution < -0.4 is 4.90 Å². The van der Waals surface area contributed by atoms with Gasteiger partial charge in [0.15, 0.2) is 0 Å². The number of fused-ring (bicyclic) bond motifs is 5.